The maximum absolute atomic E-state index is 11.0. The number of aryl methyl sites for hydroxylation is 1. The predicted octanol–water partition coefficient (Wildman–Crippen LogP) is 2.40. The third-order valence-electron chi connectivity index (χ3n) is 3.05. The number of hydrogen-bond acceptors (Lipinski definition) is 3. The molecule has 1 aromatic carbocycles. The lowest BCUT2D eigenvalue weighted by Gasteiger charge is -2.05. The molecule has 4 nitrogen and oxygen atoms in total. The van der Waals surface area contributed by atoms with E-state index in [1.807, 2.05) is 35.9 Å². The van der Waals surface area contributed by atoms with Crippen LogP contribution in [0.3, 0.4) is 0 Å². The minimum absolute atomic E-state index is 0.424. The first-order chi connectivity index (χ1) is 8.29. The van der Waals surface area contributed by atoms with E-state index >= 15 is 0 Å². The first-order valence-corrected chi connectivity index (χ1v) is 5.77. The van der Waals surface area contributed by atoms with Crippen LogP contribution in [0.1, 0.15) is 34.9 Å². The van der Waals surface area contributed by atoms with Gasteiger partial charge in [-0.1, -0.05) is 35.0 Å². The summed E-state index contributed by atoms with van der Waals surface area (Å²) in [6, 6.07) is 8.52. The van der Waals surface area contributed by atoms with Crippen molar-refractivity contribution >= 4 is 6.29 Å². The van der Waals surface area contributed by atoms with Crippen molar-refractivity contribution in [3.8, 4) is 11.3 Å². The molecule has 0 amide bonds. The molecule has 1 saturated carbocycles. The maximum atomic E-state index is 11.0. The van der Waals surface area contributed by atoms with Crippen molar-refractivity contribution in [1.29, 1.82) is 0 Å². The van der Waals surface area contributed by atoms with Crippen LogP contribution < -0.4 is 0 Å². The van der Waals surface area contributed by atoms with E-state index in [4.69, 9.17) is 0 Å². The van der Waals surface area contributed by atoms with E-state index in [2.05, 4.69) is 10.3 Å². The highest BCUT2D eigenvalue weighted by Crippen LogP contribution is 2.38. The largest absolute Gasteiger partial charge is 0.296 e. The second-order valence-electron chi connectivity index (χ2n) is 4.48. The monoisotopic (exact) mass is 227 g/mol. The highest BCUT2D eigenvalue weighted by molar-refractivity contribution is 5.83. The molecule has 0 spiro atoms. The van der Waals surface area contributed by atoms with Gasteiger partial charge in [0.1, 0.15) is 0 Å². The molecule has 3 rings (SSSR count). The van der Waals surface area contributed by atoms with E-state index in [0.717, 1.165) is 30.4 Å². The molecule has 0 radical (unpaired) electrons. The molecular weight excluding hydrogens is 214 g/mol. The average Bonchev–Trinajstić information content (AvgIpc) is 3.10. The van der Waals surface area contributed by atoms with E-state index in [-0.39, 0.29) is 0 Å². The van der Waals surface area contributed by atoms with Crippen molar-refractivity contribution in [2.24, 2.45) is 0 Å². The summed E-state index contributed by atoms with van der Waals surface area (Å²) in [6.45, 7) is 2.04. The first-order valence-electron chi connectivity index (χ1n) is 5.77. The van der Waals surface area contributed by atoms with Gasteiger partial charge in [0.2, 0.25) is 0 Å². The topological polar surface area (TPSA) is 47.8 Å². The molecule has 1 heterocycles. The Balaban J connectivity index is 2.13. The van der Waals surface area contributed by atoms with E-state index in [1.165, 1.54) is 5.56 Å². The molecule has 86 valence electrons. The molecular formula is C13H13N3O. The normalized spacial score (nSPS) is 14.9. The standard InChI is InChI=1S/C13H13N3O/c1-9-2-4-10(5-3-9)13-12(8-17)14-15-16(13)11-6-7-11/h2-5,8,11H,6-7H2,1H3. The van der Waals surface area contributed by atoms with Crippen LogP contribution in [0.4, 0.5) is 0 Å². The summed E-state index contributed by atoms with van der Waals surface area (Å²) in [5.74, 6) is 0. The summed E-state index contributed by atoms with van der Waals surface area (Å²) in [5, 5.41) is 8.02. The summed E-state index contributed by atoms with van der Waals surface area (Å²) in [6.07, 6.45) is 3.03. The van der Waals surface area contributed by atoms with Gasteiger partial charge in [-0.3, -0.25) is 4.79 Å². The Morgan fingerprint density at radius 3 is 2.59 bits per heavy atom. The molecule has 0 atom stereocenters. The molecule has 0 bridgehead atoms. The van der Waals surface area contributed by atoms with Crippen molar-refractivity contribution in [2.45, 2.75) is 25.8 Å². The summed E-state index contributed by atoms with van der Waals surface area (Å²) in [5.41, 5.74) is 3.49. The number of aldehydes is 1. The van der Waals surface area contributed by atoms with Gasteiger partial charge < -0.3 is 0 Å². The fraction of sp³-hybridized carbons (Fsp3) is 0.308. The number of hydrogen-bond donors (Lipinski definition) is 0. The van der Waals surface area contributed by atoms with Gasteiger partial charge in [-0.2, -0.15) is 0 Å². The molecule has 1 aromatic heterocycles. The number of benzene rings is 1. The van der Waals surface area contributed by atoms with Gasteiger partial charge in [0.05, 0.1) is 11.7 Å². The second-order valence-corrected chi connectivity index (χ2v) is 4.48. The van der Waals surface area contributed by atoms with Crippen LogP contribution in [-0.2, 0) is 0 Å². The van der Waals surface area contributed by atoms with Gasteiger partial charge in [0.15, 0.2) is 12.0 Å². The smallest absolute Gasteiger partial charge is 0.172 e. The Morgan fingerprint density at radius 1 is 1.29 bits per heavy atom. The van der Waals surface area contributed by atoms with Gasteiger partial charge >= 0.3 is 0 Å². The third-order valence-corrected chi connectivity index (χ3v) is 3.05. The van der Waals surface area contributed by atoms with Crippen LogP contribution in [-0.4, -0.2) is 21.3 Å². The Kier molecular flexibility index (Phi) is 2.28. The van der Waals surface area contributed by atoms with Gasteiger partial charge in [0, 0.05) is 5.56 Å². The first kappa shape index (κ1) is 10.2. The van der Waals surface area contributed by atoms with Crippen LogP contribution in [0.15, 0.2) is 24.3 Å². The third kappa shape index (κ3) is 1.75. The van der Waals surface area contributed by atoms with Gasteiger partial charge in [-0.15, -0.1) is 5.10 Å². The molecule has 0 unspecified atom stereocenters. The van der Waals surface area contributed by atoms with Crippen LogP contribution >= 0.6 is 0 Å². The fourth-order valence-electron chi connectivity index (χ4n) is 1.95. The van der Waals surface area contributed by atoms with Gasteiger partial charge in [-0.05, 0) is 19.8 Å². The summed E-state index contributed by atoms with van der Waals surface area (Å²) in [4.78, 5) is 11.0. The van der Waals surface area contributed by atoms with E-state index in [1.54, 1.807) is 0 Å². The average molecular weight is 227 g/mol. The second kappa shape index (κ2) is 3.80. The van der Waals surface area contributed by atoms with E-state index < -0.39 is 0 Å². The predicted molar refractivity (Wildman–Crippen MR) is 63.9 cm³/mol. The molecule has 0 saturated heterocycles. The zero-order valence-corrected chi connectivity index (χ0v) is 9.63. The van der Waals surface area contributed by atoms with Crippen molar-refractivity contribution in [3.05, 3.63) is 35.5 Å². The lowest BCUT2D eigenvalue weighted by molar-refractivity contribution is 0.111. The minimum Gasteiger partial charge on any atom is -0.296 e. The van der Waals surface area contributed by atoms with Crippen molar-refractivity contribution < 1.29 is 4.79 Å². The zero-order valence-electron chi connectivity index (χ0n) is 9.63. The lowest BCUT2D eigenvalue weighted by atomic mass is 10.1. The maximum Gasteiger partial charge on any atom is 0.172 e. The van der Waals surface area contributed by atoms with E-state index in [0.29, 0.717) is 11.7 Å². The Morgan fingerprint density at radius 2 is 2.00 bits per heavy atom. The molecule has 1 fully saturated rings. The Labute approximate surface area is 99.3 Å². The minimum atomic E-state index is 0.424. The number of rotatable bonds is 3. The number of nitrogens with zero attached hydrogens (tertiary/aromatic N) is 3. The van der Waals surface area contributed by atoms with Crippen molar-refractivity contribution in [1.82, 2.24) is 15.0 Å². The number of carbonyl (C=O) groups is 1. The molecule has 4 heteroatoms. The number of carbonyl (C=O) groups excluding carboxylic acids is 1. The lowest BCUT2D eigenvalue weighted by Crippen LogP contribution is -2.00. The van der Waals surface area contributed by atoms with Crippen LogP contribution in [0, 0.1) is 6.92 Å². The van der Waals surface area contributed by atoms with Crippen molar-refractivity contribution in [3.63, 3.8) is 0 Å². The molecule has 0 aliphatic heterocycles. The summed E-state index contributed by atoms with van der Waals surface area (Å²) in [7, 11) is 0. The molecule has 1 aliphatic rings. The summed E-state index contributed by atoms with van der Waals surface area (Å²) < 4.78 is 1.88. The summed E-state index contributed by atoms with van der Waals surface area (Å²) >= 11 is 0. The quantitative estimate of drug-likeness (QED) is 0.756. The van der Waals surface area contributed by atoms with E-state index in [9.17, 15) is 4.79 Å². The van der Waals surface area contributed by atoms with Crippen LogP contribution in [0.2, 0.25) is 0 Å². The van der Waals surface area contributed by atoms with Gasteiger partial charge in [0.25, 0.3) is 0 Å². The zero-order chi connectivity index (χ0) is 11.8. The van der Waals surface area contributed by atoms with Crippen LogP contribution in [0.25, 0.3) is 11.3 Å². The van der Waals surface area contributed by atoms with Crippen molar-refractivity contribution in [2.75, 3.05) is 0 Å². The molecule has 1 aliphatic carbocycles. The Bertz CT molecular complexity index is 553. The highest BCUT2D eigenvalue weighted by Gasteiger charge is 2.29. The Hall–Kier alpha value is -1.97. The fourth-order valence-corrected chi connectivity index (χ4v) is 1.95. The highest BCUT2D eigenvalue weighted by atomic mass is 16.1. The van der Waals surface area contributed by atoms with Gasteiger partial charge in [-0.25, -0.2) is 4.68 Å². The molecule has 2 aromatic rings. The van der Waals surface area contributed by atoms with Crippen LogP contribution in [0.5, 0.6) is 0 Å². The number of aromatic nitrogens is 3. The molecule has 17 heavy (non-hydrogen) atoms. The molecule has 0 N–H and O–H groups in total. The SMILES string of the molecule is Cc1ccc(-c2c(C=O)nnn2C2CC2)cc1.